The molecule has 156 valence electrons. The molecule has 3 heterocycles. The summed E-state index contributed by atoms with van der Waals surface area (Å²) in [5.41, 5.74) is 4.58. The van der Waals surface area contributed by atoms with Gasteiger partial charge >= 0.3 is 59.1 Å². The molecule has 2 aromatic heterocycles. The van der Waals surface area contributed by atoms with Crippen LogP contribution in [0.3, 0.4) is 0 Å². The second-order valence-corrected chi connectivity index (χ2v) is 8.36. The van der Waals surface area contributed by atoms with E-state index in [9.17, 15) is 33.9 Å². The second kappa shape index (κ2) is 10.5. The summed E-state index contributed by atoms with van der Waals surface area (Å²) in [6.07, 6.45) is -5.07. The summed E-state index contributed by atoms with van der Waals surface area (Å²) in [5.74, 6) is -0.248. The number of imidazole rings is 1. The number of phosphoric ester groups is 1. The molecule has 0 radical (unpaired) electrons. The standard InChI is InChI=1S/C10H15N5O11P2.2Na/c11-10-13-7-4(8(18)14-10)12-2-15(7)9-6(17)5(16)3(25-9)1-24-28(22,23)26-27(19,20)21;;/h2-3,5-6,9,16-17H,1H2,(H,22,23)(H2,19,20,21)(H3,11,13,14,18);;/q;2*+1/p-2/t3-,5-,6-,9-;;/m1../s1. The first-order valence-electron chi connectivity index (χ1n) is 7.32. The van der Waals surface area contributed by atoms with Crippen LogP contribution in [0.2, 0.25) is 0 Å². The Morgan fingerprint density at radius 3 is 2.53 bits per heavy atom. The fourth-order valence-electron chi connectivity index (χ4n) is 2.54. The van der Waals surface area contributed by atoms with Gasteiger partial charge in [-0.1, -0.05) is 0 Å². The number of nitrogen functional groups attached to an aromatic ring is 1. The number of ether oxygens (including phenoxy) is 1. The predicted molar refractivity (Wildman–Crippen MR) is 83.0 cm³/mol. The molecule has 1 fully saturated rings. The zero-order valence-electron chi connectivity index (χ0n) is 15.5. The molecule has 6 N–H and O–H groups in total. The molecule has 20 heteroatoms. The Kier molecular flexibility index (Phi) is 9.90. The van der Waals surface area contributed by atoms with E-state index >= 15 is 0 Å². The number of hydrogen-bond donors (Lipinski definition) is 5. The van der Waals surface area contributed by atoms with E-state index in [0.717, 1.165) is 10.9 Å². The SMILES string of the molecule is Nc1nc2c(ncn2[C@@H]2O[C@H](COP(=O)([O-])OP(=O)([O-])O)[C@@H](O)[C@H]2O)c(=O)[nH]1.[Na+].[Na+]. The third kappa shape index (κ3) is 6.42. The largest absolute Gasteiger partial charge is 1.00 e. The number of aromatic nitrogens is 4. The van der Waals surface area contributed by atoms with Crippen LogP contribution in [0.1, 0.15) is 6.23 Å². The van der Waals surface area contributed by atoms with Crippen LogP contribution in [0.4, 0.5) is 5.95 Å². The maximum atomic E-state index is 11.8. The molecule has 0 amide bonds. The molecule has 0 bridgehead atoms. The second-order valence-electron chi connectivity index (χ2n) is 5.61. The Morgan fingerprint density at radius 2 is 1.93 bits per heavy atom. The Hall–Kier alpha value is 0.290. The van der Waals surface area contributed by atoms with E-state index in [1.54, 1.807) is 0 Å². The quantitative estimate of drug-likeness (QED) is 0.187. The van der Waals surface area contributed by atoms with E-state index in [1.165, 1.54) is 0 Å². The van der Waals surface area contributed by atoms with Gasteiger partial charge in [0.05, 0.1) is 12.9 Å². The van der Waals surface area contributed by atoms with Crippen LogP contribution in [-0.2, 0) is 22.7 Å². The molecule has 0 aromatic carbocycles. The van der Waals surface area contributed by atoms with E-state index in [1.807, 2.05) is 0 Å². The van der Waals surface area contributed by atoms with Crippen molar-refractivity contribution in [1.82, 2.24) is 19.5 Å². The third-order valence-corrected chi connectivity index (χ3v) is 5.75. The molecule has 1 aliphatic rings. The topological polar surface area (TPSA) is 258 Å². The minimum Gasteiger partial charge on any atom is -0.756 e. The summed E-state index contributed by atoms with van der Waals surface area (Å²) in [5, 5.41) is 20.2. The molecule has 2 unspecified atom stereocenters. The average molecular weight is 487 g/mol. The summed E-state index contributed by atoms with van der Waals surface area (Å²) in [7, 11) is -11.1. The number of fused-ring (bicyclic) bond motifs is 1. The minimum absolute atomic E-state index is 0. The van der Waals surface area contributed by atoms with Crippen molar-refractivity contribution in [3.63, 3.8) is 0 Å². The predicted octanol–water partition coefficient (Wildman–Crippen LogP) is -9.71. The van der Waals surface area contributed by atoms with Crippen LogP contribution in [0.5, 0.6) is 0 Å². The van der Waals surface area contributed by atoms with Gasteiger partial charge < -0.3 is 39.9 Å². The first-order chi connectivity index (χ1) is 12.9. The zero-order chi connectivity index (χ0) is 20.9. The van der Waals surface area contributed by atoms with Crippen LogP contribution in [0.25, 0.3) is 11.2 Å². The molecule has 0 saturated carbocycles. The number of nitrogens with two attached hydrogens (primary N) is 1. The number of aliphatic hydroxyl groups excluding tert-OH is 2. The van der Waals surface area contributed by atoms with Crippen molar-refractivity contribution < 1.29 is 107 Å². The number of rotatable bonds is 6. The van der Waals surface area contributed by atoms with E-state index in [-0.39, 0.29) is 76.2 Å². The van der Waals surface area contributed by atoms with Gasteiger partial charge in [-0.05, 0) is 0 Å². The Labute approximate surface area is 211 Å². The minimum atomic E-state index is -5.63. The summed E-state index contributed by atoms with van der Waals surface area (Å²) >= 11 is 0. The molecular formula is C10H13N5Na2O11P2. The van der Waals surface area contributed by atoms with Crippen molar-refractivity contribution in [2.45, 2.75) is 24.5 Å². The summed E-state index contributed by atoms with van der Waals surface area (Å²) in [4.78, 5) is 51.9. The van der Waals surface area contributed by atoms with Crippen LogP contribution in [0, 0.1) is 0 Å². The number of anilines is 1. The van der Waals surface area contributed by atoms with E-state index in [4.69, 9.17) is 15.4 Å². The van der Waals surface area contributed by atoms with Gasteiger partial charge in [-0.15, -0.1) is 0 Å². The average Bonchev–Trinajstić information content (AvgIpc) is 3.06. The van der Waals surface area contributed by atoms with Gasteiger partial charge in [0.25, 0.3) is 21.2 Å². The van der Waals surface area contributed by atoms with Crippen LogP contribution < -0.4 is 80.2 Å². The van der Waals surface area contributed by atoms with Crippen LogP contribution in [-0.4, -0.2) is 59.5 Å². The molecule has 1 saturated heterocycles. The molecule has 1 aliphatic heterocycles. The molecule has 0 aliphatic carbocycles. The maximum Gasteiger partial charge on any atom is 1.00 e. The molecule has 0 spiro atoms. The summed E-state index contributed by atoms with van der Waals surface area (Å²) < 4.78 is 35.8. The number of phosphoric acid groups is 2. The van der Waals surface area contributed by atoms with Gasteiger partial charge in [0.1, 0.15) is 18.3 Å². The van der Waals surface area contributed by atoms with E-state index in [2.05, 4.69) is 23.8 Å². The van der Waals surface area contributed by atoms with Crippen molar-refractivity contribution >= 4 is 32.8 Å². The first-order valence-corrected chi connectivity index (χ1v) is 10.3. The molecule has 16 nitrogen and oxygen atoms in total. The van der Waals surface area contributed by atoms with Crippen molar-refractivity contribution in [1.29, 1.82) is 0 Å². The fourth-order valence-corrected chi connectivity index (χ4v) is 4.07. The normalized spacial score (nSPS) is 27.6. The van der Waals surface area contributed by atoms with Crippen LogP contribution in [0.15, 0.2) is 11.1 Å². The summed E-state index contributed by atoms with van der Waals surface area (Å²) in [6, 6.07) is 0. The molecule has 2 aromatic rings. The Morgan fingerprint density at radius 1 is 1.30 bits per heavy atom. The van der Waals surface area contributed by atoms with Crippen molar-refractivity contribution in [3.05, 3.63) is 16.7 Å². The van der Waals surface area contributed by atoms with Gasteiger partial charge in [-0.2, -0.15) is 4.98 Å². The number of nitrogens with zero attached hydrogens (tertiary/aromatic N) is 3. The van der Waals surface area contributed by atoms with Gasteiger partial charge in [0, 0.05) is 0 Å². The van der Waals surface area contributed by atoms with Crippen molar-refractivity contribution in [3.8, 4) is 0 Å². The van der Waals surface area contributed by atoms with E-state index < -0.39 is 52.4 Å². The maximum absolute atomic E-state index is 11.8. The van der Waals surface area contributed by atoms with Gasteiger partial charge in [-0.3, -0.25) is 23.5 Å². The first kappa shape index (κ1) is 28.3. The molecule has 6 atom stereocenters. The number of aromatic amines is 1. The van der Waals surface area contributed by atoms with E-state index in [0.29, 0.717) is 0 Å². The fraction of sp³-hybridized carbons (Fsp3) is 0.500. The monoisotopic (exact) mass is 487 g/mol. The van der Waals surface area contributed by atoms with Crippen molar-refractivity contribution in [2.24, 2.45) is 0 Å². The number of hydrogen-bond acceptors (Lipinski definition) is 13. The Bertz CT molecular complexity index is 1040. The summed E-state index contributed by atoms with van der Waals surface area (Å²) in [6.45, 7) is -0.960. The van der Waals surface area contributed by atoms with Crippen LogP contribution >= 0.6 is 15.6 Å². The number of nitrogens with one attached hydrogen (secondary N) is 1. The van der Waals surface area contributed by atoms with Gasteiger partial charge in [0.2, 0.25) is 5.95 Å². The number of H-pyrrole nitrogens is 1. The Balaban J connectivity index is 0.00000225. The molecule has 3 rings (SSSR count). The van der Waals surface area contributed by atoms with Crippen molar-refractivity contribution in [2.75, 3.05) is 12.3 Å². The zero-order valence-corrected chi connectivity index (χ0v) is 21.3. The molecule has 30 heavy (non-hydrogen) atoms. The smallest absolute Gasteiger partial charge is 0.756 e. The number of aliphatic hydroxyl groups is 2. The molecular weight excluding hydrogens is 474 g/mol. The van der Waals surface area contributed by atoms with Gasteiger partial charge in [0.15, 0.2) is 17.4 Å². The van der Waals surface area contributed by atoms with Gasteiger partial charge in [-0.25, -0.2) is 9.29 Å². The third-order valence-electron chi connectivity index (χ3n) is 3.66.